The lowest BCUT2D eigenvalue weighted by molar-refractivity contribution is 0.102. The molecular formula is C19H18N6O. The van der Waals surface area contributed by atoms with Gasteiger partial charge in [-0.3, -0.25) is 4.79 Å². The molecule has 2 aromatic carbocycles. The van der Waals surface area contributed by atoms with Gasteiger partial charge in [-0.25, -0.2) is 9.67 Å². The number of carbonyl (C=O) groups excluding carboxylic acids is 1. The molecule has 0 fully saturated rings. The second-order valence-corrected chi connectivity index (χ2v) is 5.85. The summed E-state index contributed by atoms with van der Waals surface area (Å²) in [5.74, 6) is 0.529. The molecule has 0 saturated heterocycles. The number of benzene rings is 2. The van der Waals surface area contributed by atoms with Crippen molar-refractivity contribution in [1.82, 2.24) is 15.1 Å². The zero-order valence-corrected chi connectivity index (χ0v) is 14.2. The molecule has 0 spiro atoms. The van der Waals surface area contributed by atoms with Crippen LogP contribution >= 0.6 is 0 Å². The van der Waals surface area contributed by atoms with Crippen LogP contribution in [0, 0.1) is 0 Å². The molecule has 7 heteroatoms. The number of fused-ring (bicyclic) bond motifs is 1. The maximum absolute atomic E-state index is 12.9. The fraction of sp³-hybridized carbons (Fsp3) is 0.105. The van der Waals surface area contributed by atoms with Crippen molar-refractivity contribution >= 4 is 29.4 Å². The summed E-state index contributed by atoms with van der Waals surface area (Å²) in [4.78, 5) is 17.3. The molecule has 0 radical (unpaired) electrons. The van der Waals surface area contributed by atoms with Crippen molar-refractivity contribution in [2.75, 3.05) is 17.7 Å². The lowest BCUT2D eigenvalue weighted by atomic mass is 10.1. The van der Waals surface area contributed by atoms with Crippen molar-refractivity contribution in [3.63, 3.8) is 0 Å². The van der Waals surface area contributed by atoms with Crippen molar-refractivity contribution in [2.24, 2.45) is 4.99 Å². The van der Waals surface area contributed by atoms with E-state index in [1.165, 1.54) is 0 Å². The third-order valence-corrected chi connectivity index (χ3v) is 4.18. The Morgan fingerprint density at radius 2 is 2.00 bits per heavy atom. The minimum Gasteiger partial charge on any atom is -0.388 e. The number of carbonyl (C=O) groups is 1. The highest BCUT2D eigenvalue weighted by atomic mass is 16.1. The number of hydrogen-bond acceptors (Lipinski definition) is 5. The predicted molar refractivity (Wildman–Crippen MR) is 102 cm³/mol. The smallest absolute Gasteiger partial charge is 0.257 e. The summed E-state index contributed by atoms with van der Waals surface area (Å²) in [5, 5.41) is 13.5. The number of nitrogens with one attached hydrogen (secondary N) is 3. The summed E-state index contributed by atoms with van der Waals surface area (Å²) in [6.07, 6.45) is 3.41. The molecule has 0 saturated carbocycles. The number of nitrogens with zero attached hydrogens (tertiary/aromatic N) is 3. The highest BCUT2D eigenvalue weighted by Gasteiger charge is 2.19. The Morgan fingerprint density at radius 1 is 1.15 bits per heavy atom. The van der Waals surface area contributed by atoms with Gasteiger partial charge in [-0.1, -0.05) is 18.2 Å². The molecule has 7 nitrogen and oxygen atoms in total. The monoisotopic (exact) mass is 346 g/mol. The minimum atomic E-state index is -0.198. The summed E-state index contributed by atoms with van der Waals surface area (Å²) in [6.45, 7) is 0.663. The maximum atomic E-state index is 12.9. The largest absolute Gasteiger partial charge is 0.388 e. The van der Waals surface area contributed by atoms with E-state index >= 15 is 0 Å². The van der Waals surface area contributed by atoms with Gasteiger partial charge in [0.05, 0.1) is 23.8 Å². The molecule has 1 aliphatic heterocycles. The molecule has 1 amide bonds. The van der Waals surface area contributed by atoms with Crippen molar-refractivity contribution in [3.05, 3.63) is 65.9 Å². The number of para-hydroxylation sites is 1. The van der Waals surface area contributed by atoms with Crippen LogP contribution in [0.25, 0.3) is 5.69 Å². The van der Waals surface area contributed by atoms with Crippen molar-refractivity contribution < 1.29 is 4.79 Å². The molecule has 0 aliphatic carbocycles. The van der Waals surface area contributed by atoms with Gasteiger partial charge in [0.25, 0.3) is 5.91 Å². The molecule has 3 N–H and O–H groups in total. The SMILES string of the molecule is CNc1ccc(C(=O)Nc2ccccc2)c(-n2ncc3c2N=CNC3)c1. The maximum Gasteiger partial charge on any atom is 0.257 e. The highest BCUT2D eigenvalue weighted by Crippen LogP contribution is 2.28. The first-order chi connectivity index (χ1) is 12.8. The van der Waals surface area contributed by atoms with E-state index in [4.69, 9.17) is 0 Å². The van der Waals surface area contributed by atoms with E-state index < -0.39 is 0 Å². The molecular weight excluding hydrogens is 328 g/mol. The standard InChI is InChI=1S/C19H18N6O/c1-20-15-7-8-16(19(26)24-14-5-3-2-4-6-14)17(9-15)25-18-13(11-23-25)10-21-12-22-18/h2-9,11-12,20H,10H2,1H3,(H,21,22)(H,24,26). The van der Waals surface area contributed by atoms with Gasteiger partial charge in [-0.05, 0) is 30.3 Å². The average Bonchev–Trinajstić information content (AvgIpc) is 3.12. The zero-order valence-electron chi connectivity index (χ0n) is 14.2. The van der Waals surface area contributed by atoms with Crippen LogP contribution in [0.5, 0.6) is 0 Å². The van der Waals surface area contributed by atoms with E-state index in [0.717, 1.165) is 22.8 Å². The number of amides is 1. The molecule has 26 heavy (non-hydrogen) atoms. The third kappa shape index (κ3) is 2.90. The van der Waals surface area contributed by atoms with Crippen LogP contribution in [0.15, 0.2) is 59.7 Å². The Bertz CT molecular complexity index is 977. The van der Waals surface area contributed by atoms with E-state index in [1.807, 2.05) is 49.5 Å². The first-order valence-corrected chi connectivity index (χ1v) is 8.27. The minimum absolute atomic E-state index is 0.198. The van der Waals surface area contributed by atoms with Crippen molar-refractivity contribution in [2.45, 2.75) is 6.54 Å². The van der Waals surface area contributed by atoms with Crippen LogP contribution in [-0.4, -0.2) is 29.1 Å². The Kier molecular flexibility index (Phi) is 4.10. The lowest BCUT2D eigenvalue weighted by Gasteiger charge is -2.15. The van der Waals surface area contributed by atoms with Crippen molar-refractivity contribution in [1.29, 1.82) is 0 Å². The molecule has 2 heterocycles. The van der Waals surface area contributed by atoms with Crippen LogP contribution in [0.1, 0.15) is 15.9 Å². The quantitative estimate of drug-likeness (QED) is 0.678. The van der Waals surface area contributed by atoms with E-state index in [9.17, 15) is 4.79 Å². The molecule has 4 rings (SSSR count). The molecule has 3 aromatic rings. The second kappa shape index (κ2) is 6.72. The predicted octanol–water partition coefficient (Wildman–Crippen LogP) is 2.93. The Balaban J connectivity index is 1.77. The summed E-state index contributed by atoms with van der Waals surface area (Å²) < 4.78 is 1.70. The zero-order chi connectivity index (χ0) is 17.9. The van der Waals surface area contributed by atoms with Gasteiger partial charge in [0.15, 0.2) is 5.82 Å². The van der Waals surface area contributed by atoms with E-state index in [1.54, 1.807) is 23.3 Å². The second-order valence-electron chi connectivity index (χ2n) is 5.85. The van der Waals surface area contributed by atoms with Crippen LogP contribution < -0.4 is 16.0 Å². The normalized spacial score (nSPS) is 12.2. The third-order valence-electron chi connectivity index (χ3n) is 4.18. The molecule has 130 valence electrons. The summed E-state index contributed by atoms with van der Waals surface area (Å²) in [7, 11) is 1.84. The number of hydrogen-bond donors (Lipinski definition) is 3. The van der Waals surface area contributed by atoms with E-state index in [0.29, 0.717) is 17.8 Å². The average molecular weight is 346 g/mol. The first-order valence-electron chi connectivity index (χ1n) is 8.27. The Labute approximate surface area is 150 Å². The van der Waals surface area contributed by atoms with Gasteiger partial charge in [0.2, 0.25) is 0 Å². The number of aromatic nitrogens is 2. The molecule has 0 bridgehead atoms. The van der Waals surface area contributed by atoms with Gasteiger partial charge in [0, 0.05) is 30.5 Å². The van der Waals surface area contributed by atoms with E-state index in [-0.39, 0.29) is 5.91 Å². The van der Waals surface area contributed by atoms with Gasteiger partial charge in [0.1, 0.15) is 0 Å². The molecule has 1 aromatic heterocycles. The fourth-order valence-electron chi connectivity index (χ4n) is 2.85. The summed E-state index contributed by atoms with van der Waals surface area (Å²) in [5.41, 5.74) is 3.80. The number of aliphatic imine (C=N–C) groups is 1. The molecule has 0 unspecified atom stereocenters. The van der Waals surface area contributed by atoms with Crippen LogP contribution in [0.4, 0.5) is 17.2 Å². The van der Waals surface area contributed by atoms with Crippen LogP contribution in [0.2, 0.25) is 0 Å². The molecule has 1 aliphatic rings. The fourth-order valence-corrected chi connectivity index (χ4v) is 2.85. The van der Waals surface area contributed by atoms with Gasteiger partial charge in [-0.2, -0.15) is 5.10 Å². The van der Waals surface area contributed by atoms with Crippen molar-refractivity contribution in [3.8, 4) is 5.69 Å². The van der Waals surface area contributed by atoms with Gasteiger partial charge < -0.3 is 16.0 Å². The Hall–Kier alpha value is -3.61. The molecule has 0 atom stereocenters. The van der Waals surface area contributed by atoms with Gasteiger partial charge in [-0.15, -0.1) is 0 Å². The topological polar surface area (TPSA) is 83.3 Å². The van der Waals surface area contributed by atoms with Crippen LogP contribution in [-0.2, 0) is 6.54 Å². The highest BCUT2D eigenvalue weighted by molar-refractivity contribution is 6.07. The van der Waals surface area contributed by atoms with E-state index in [2.05, 4.69) is 26.0 Å². The first kappa shape index (κ1) is 15.9. The summed E-state index contributed by atoms with van der Waals surface area (Å²) >= 11 is 0. The van der Waals surface area contributed by atoms with Gasteiger partial charge >= 0.3 is 0 Å². The Morgan fingerprint density at radius 3 is 2.81 bits per heavy atom. The van der Waals surface area contributed by atoms with Crippen LogP contribution in [0.3, 0.4) is 0 Å². The number of anilines is 2. The lowest BCUT2D eigenvalue weighted by Crippen LogP contribution is -2.17. The number of rotatable bonds is 4. The summed E-state index contributed by atoms with van der Waals surface area (Å²) in [6, 6.07) is 14.9.